The van der Waals surface area contributed by atoms with E-state index in [2.05, 4.69) is 25.9 Å². The van der Waals surface area contributed by atoms with Crippen molar-refractivity contribution in [1.82, 2.24) is 25.2 Å². The van der Waals surface area contributed by atoms with Crippen molar-refractivity contribution >= 4 is 28.5 Å². The Morgan fingerprint density at radius 2 is 2.00 bits per heavy atom. The minimum Gasteiger partial charge on any atom is -0.439 e. The van der Waals surface area contributed by atoms with E-state index in [1.807, 2.05) is 37.3 Å². The van der Waals surface area contributed by atoms with Gasteiger partial charge in [0.05, 0.1) is 11.2 Å². The standard InChI is InChI=1S/C25H24N6O3/c1-15-9-17(23(32)26-2)11-18(10-15)30-25(33)31-8-6-16-12-19(3-4-22(16)31)34-24-20-5-7-27-13-21(20)28-14-29-24/h3-4,6,8-12,14,27H,5,7,13H2,1-2H3,(H,26,32)(H,30,33). The monoisotopic (exact) mass is 456 g/mol. The van der Waals surface area contributed by atoms with Crippen LogP contribution in [0.15, 0.2) is 55.0 Å². The summed E-state index contributed by atoms with van der Waals surface area (Å²) in [6.45, 7) is 3.44. The number of hydrogen-bond acceptors (Lipinski definition) is 6. The quantitative estimate of drug-likeness (QED) is 0.433. The number of anilines is 1. The van der Waals surface area contributed by atoms with Gasteiger partial charge in [0.2, 0.25) is 5.88 Å². The SMILES string of the molecule is CNC(=O)c1cc(C)cc(NC(=O)n2ccc3cc(Oc4ncnc5c4CCNC5)ccc32)c1. The van der Waals surface area contributed by atoms with Gasteiger partial charge in [0, 0.05) is 42.0 Å². The maximum atomic E-state index is 13.0. The van der Waals surface area contributed by atoms with Crippen LogP contribution in [0.2, 0.25) is 0 Å². The average Bonchev–Trinajstić information content (AvgIpc) is 3.27. The molecule has 0 aliphatic carbocycles. The van der Waals surface area contributed by atoms with Crippen molar-refractivity contribution in [3.05, 3.63) is 77.4 Å². The number of fused-ring (bicyclic) bond motifs is 2. The Morgan fingerprint density at radius 1 is 1.12 bits per heavy atom. The first-order valence-electron chi connectivity index (χ1n) is 11.0. The van der Waals surface area contributed by atoms with Gasteiger partial charge in [0.25, 0.3) is 5.91 Å². The van der Waals surface area contributed by atoms with Crippen molar-refractivity contribution in [3.63, 3.8) is 0 Å². The maximum Gasteiger partial charge on any atom is 0.330 e. The molecular formula is C25H24N6O3. The summed E-state index contributed by atoms with van der Waals surface area (Å²) < 4.78 is 7.61. The topological polar surface area (TPSA) is 110 Å². The van der Waals surface area contributed by atoms with Crippen LogP contribution in [-0.4, -0.2) is 40.1 Å². The molecule has 0 radical (unpaired) electrons. The van der Waals surface area contributed by atoms with Crippen molar-refractivity contribution in [2.24, 2.45) is 0 Å². The number of aryl methyl sites for hydroxylation is 1. The van der Waals surface area contributed by atoms with Gasteiger partial charge in [-0.1, -0.05) is 0 Å². The molecule has 0 atom stereocenters. The number of nitrogens with one attached hydrogen (secondary N) is 3. The Morgan fingerprint density at radius 3 is 2.85 bits per heavy atom. The van der Waals surface area contributed by atoms with E-state index < -0.39 is 0 Å². The molecule has 2 aromatic heterocycles. The van der Waals surface area contributed by atoms with Crippen LogP contribution in [0.25, 0.3) is 10.9 Å². The normalized spacial score (nSPS) is 12.8. The van der Waals surface area contributed by atoms with E-state index in [1.54, 1.807) is 25.4 Å². The molecule has 0 saturated heterocycles. The molecule has 3 heterocycles. The molecule has 9 heteroatoms. The van der Waals surface area contributed by atoms with Gasteiger partial charge in [-0.3, -0.25) is 9.36 Å². The first-order valence-corrected chi connectivity index (χ1v) is 11.0. The molecule has 34 heavy (non-hydrogen) atoms. The van der Waals surface area contributed by atoms with E-state index in [0.29, 0.717) is 29.4 Å². The molecule has 3 N–H and O–H groups in total. The van der Waals surface area contributed by atoms with Crippen molar-refractivity contribution in [3.8, 4) is 11.6 Å². The number of benzene rings is 2. The van der Waals surface area contributed by atoms with E-state index in [0.717, 1.165) is 40.7 Å². The predicted molar refractivity (Wildman–Crippen MR) is 128 cm³/mol. The Hall–Kier alpha value is -4.24. The lowest BCUT2D eigenvalue weighted by Crippen LogP contribution is -2.25. The molecule has 0 saturated carbocycles. The summed E-state index contributed by atoms with van der Waals surface area (Å²) in [5.41, 5.74) is 4.62. The van der Waals surface area contributed by atoms with Crippen LogP contribution in [0.1, 0.15) is 27.2 Å². The molecular weight excluding hydrogens is 432 g/mol. The molecule has 2 amide bonds. The fourth-order valence-corrected chi connectivity index (χ4v) is 4.13. The van der Waals surface area contributed by atoms with Crippen LogP contribution in [0.4, 0.5) is 10.5 Å². The molecule has 5 rings (SSSR count). The zero-order chi connectivity index (χ0) is 23.7. The first-order chi connectivity index (χ1) is 16.5. The van der Waals surface area contributed by atoms with E-state index in [4.69, 9.17) is 4.74 Å². The van der Waals surface area contributed by atoms with Gasteiger partial charge in [0.15, 0.2) is 0 Å². The van der Waals surface area contributed by atoms with E-state index in [1.165, 1.54) is 10.9 Å². The lowest BCUT2D eigenvalue weighted by Gasteiger charge is -2.18. The Kier molecular flexibility index (Phi) is 5.69. The molecule has 172 valence electrons. The third-order valence-corrected chi connectivity index (χ3v) is 5.75. The van der Waals surface area contributed by atoms with Gasteiger partial charge in [0.1, 0.15) is 12.1 Å². The van der Waals surface area contributed by atoms with Gasteiger partial charge < -0.3 is 20.7 Å². The second kappa shape index (κ2) is 8.95. The number of carbonyl (C=O) groups is 2. The van der Waals surface area contributed by atoms with E-state index in [-0.39, 0.29) is 11.9 Å². The molecule has 4 aromatic rings. The second-order valence-corrected chi connectivity index (χ2v) is 8.14. The summed E-state index contributed by atoms with van der Waals surface area (Å²) in [7, 11) is 1.57. The predicted octanol–water partition coefficient (Wildman–Crippen LogP) is 3.62. The lowest BCUT2D eigenvalue weighted by molar-refractivity contribution is 0.0963. The summed E-state index contributed by atoms with van der Waals surface area (Å²) in [4.78, 5) is 33.6. The Balaban J connectivity index is 1.38. The summed E-state index contributed by atoms with van der Waals surface area (Å²) in [5.74, 6) is 0.993. The number of aromatic nitrogens is 3. The van der Waals surface area contributed by atoms with Gasteiger partial charge in [-0.2, -0.15) is 0 Å². The van der Waals surface area contributed by atoms with Crippen LogP contribution < -0.4 is 20.7 Å². The highest BCUT2D eigenvalue weighted by Crippen LogP contribution is 2.29. The average molecular weight is 457 g/mol. The number of amides is 2. The fourth-order valence-electron chi connectivity index (χ4n) is 4.13. The third kappa shape index (κ3) is 4.20. The zero-order valence-corrected chi connectivity index (χ0v) is 18.9. The summed E-state index contributed by atoms with van der Waals surface area (Å²) in [5, 5.41) is 9.62. The molecule has 0 spiro atoms. The van der Waals surface area contributed by atoms with Crippen LogP contribution in [0.3, 0.4) is 0 Å². The Labute approximate surface area is 196 Å². The molecule has 1 aliphatic rings. The highest BCUT2D eigenvalue weighted by molar-refractivity contribution is 6.00. The minimum atomic E-state index is -0.325. The van der Waals surface area contributed by atoms with Crippen molar-refractivity contribution < 1.29 is 14.3 Å². The molecule has 9 nitrogen and oxygen atoms in total. The second-order valence-electron chi connectivity index (χ2n) is 8.14. The number of nitrogens with zero attached hydrogens (tertiary/aromatic N) is 3. The van der Waals surface area contributed by atoms with Gasteiger partial charge >= 0.3 is 6.03 Å². The van der Waals surface area contributed by atoms with Gasteiger partial charge in [-0.15, -0.1) is 0 Å². The molecule has 0 unspecified atom stereocenters. The highest BCUT2D eigenvalue weighted by Gasteiger charge is 2.17. The fraction of sp³-hybridized carbons (Fsp3) is 0.200. The van der Waals surface area contributed by atoms with Crippen LogP contribution in [0.5, 0.6) is 11.6 Å². The molecule has 2 aromatic carbocycles. The number of rotatable bonds is 4. The number of ether oxygens (including phenoxy) is 1. The zero-order valence-electron chi connectivity index (χ0n) is 18.9. The molecule has 1 aliphatic heterocycles. The summed E-state index contributed by atoms with van der Waals surface area (Å²) >= 11 is 0. The van der Waals surface area contributed by atoms with Crippen LogP contribution in [-0.2, 0) is 13.0 Å². The molecule has 0 fully saturated rings. The number of carbonyl (C=O) groups excluding carboxylic acids is 2. The van der Waals surface area contributed by atoms with Crippen LogP contribution in [0, 0.1) is 6.92 Å². The first kappa shape index (κ1) is 21.6. The van der Waals surface area contributed by atoms with Crippen molar-refractivity contribution in [2.45, 2.75) is 19.9 Å². The third-order valence-electron chi connectivity index (χ3n) is 5.75. The summed E-state index contributed by atoms with van der Waals surface area (Å²) in [6, 6.07) is 12.3. The van der Waals surface area contributed by atoms with Gasteiger partial charge in [-0.05, 0) is 67.9 Å². The smallest absolute Gasteiger partial charge is 0.330 e. The number of hydrogen-bond donors (Lipinski definition) is 3. The van der Waals surface area contributed by atoms with E-state index >= 15 is 0 Å². The molecule has 0 bridgehead atoms. The van der Waals surface area contributed by atoms with Gasteiger partial charge in [-0.25, -0.2) is 14.8 Å². The maximum absolute atomic E-state index is 13.0. The lowest BCUT2D eigenvalue weighted by atomic mass is 10.1. The Bertz CT molecular complexity index is 1410. The van der Waals surface area contributed by atoms with Crippen molar-refractivity contribution in [1.29, 1.82) is 0 Å². The van der Waals surface area contributed by atoms with Crippen molar-refractivity contribution in [2.75, 3.05) is 18.9 Å². The largest absolute Gasteiger partial charge is 0.439 e. The summed E-state index contributed by atoms with van der Waals surface area (Å²) in [6.07, 6.45) is 4.03. The van der Waals surface area contributed by atoms with Crippen LogP contribution >= 0.6 is 0 Å². The minimum absolute atomic E-state index is 0.209. The van der Waals surface area contributed by atoms with E-state index in [9.17, 15) is 9.59 Å². The highest BCUT2D eigenvalue weighted by atomic mass is 16.5.